The maximum absolute atomic E-state index is 11.4. The quantitative estimate of drug-likeness (QED) is 0.121. The molecule has 7 rings (SSSR count). The second-order valence-corrected chi connectivity index (χ2v) is 13.9. The van der Waals surface area contributed by atoms with Gasteiger partial charge in [0.2, 0.25) is 11.9 Å². The van der Waals surface area contributed by atoms with Crippen LogP contribution in [0.4, 0.5) is 34.5 Å². The smallest absolute Gasteiger partial charge is 0.311 e. The molecule has 3 aromatic carbocycles. The number of ether oxygens (including phenoxy) is 4. The molecule has 3 aliphatic heterocycles. The molecule has 0 unspecified atom stereocenters. The first kappa shape index (κ1) is 40.2. The first-order valence-electron chi connectivity index (χ1n) is 18.5. The molecule has 16 nitrogen and oxygen atoms in total. The molecule has 4 aromatic rings. The summed E-state index contributed by atoms with van der Waals surface area (Å²) in [5.74, 6) is 2.18. The molecule has 17 heteroatoms. The van der Waals surface area contributed by atoms with Crippen LogP contribution in [0.5, 0.6) is 17.2 Å². The average Bonchev–Trinajstić information content (AvgIpc) is 3.56. The van der Waals surface area contributed by atoms with Gasteiger partial charge in [-0.05, 0) is 91.4 Å². The lowest BCUT2D eigenvalue weighted by Crippen LogP contribution is -2.36. The molecule has 5 N–H and O–H groups in total. The molecule has 56 heavy (non-hydrogen) atoms. The number of fused-ring (bicyclic) bond motifs is 2. The number of hydrogen-bond acceptors (Lipinski definition) is 14. The lowest BCUT2D eigenvalue weighted by molar-refractivity contribution is -0.385. The van der Waals surface area contributed by atoms with Gasteiger partial charge >= 0.3 is 5.69 Å². The normalized spacial score (nSPS) is 15.5. The SMILES string of the molecule is COc1cc2c(cc1Nc1ncc(Cl)c(Nc3ccc(N4CCOCC4)cc3OC)n1)CCN(CC(N)=O)CC2.COc1cc2c(cc1[N+](=O)[O-])CCNCC2. The second kappa shape index (κ2) is 18.9. The third kappa shape index (κ3) is 10.1. The van der Waals surface area contributed by atoms with Crippen LogP contribution in [0, 0.1) is 10.1 Å². The van der Waals surface area contributed by atoms with E-state index in [0.717, 1.165) is 93.1 Å². The molecule has 1 saturated heterocycles. The summed E-state index contributed by atoms with van der Waals surface area (Å²) in [6.45, 7) is 6.63. The van der Waals surface area contributed by atoms with E-state index in [2.05, 4.69) is 41.8 Å². The average molecular weight is 790 g/mol. The molecule has 0 aliphatic carbocycles. The third-order valence-corrected chi connectivity index (χ3v) is 10.2. The number of nitro groups is 1. The highest BCUT2D eigenvalue weighted by Crippen LogP contribution is 2.36. The molecular formula is C39H48ClN9O7. The summed E-state index contributed by atoms with van der Waals surface area (Å²) in [5, 5.41) is 21.1. The van der Waals surface area contributed by atoms with Crippen molar-refractivity contribution >= 4 is 52.0 Å². The molecule has 298 valence electrons. The summed E-state index contributed by atoms with van der Waals surface area (Å²) in [4.78, 5) is 35.2. The molecule has 1 amide bonds. The number of hydrogen-bond donors (Lipinski definition) is 4. The molecule has 3 aliphatic rings. The summed E-state index contributed by atoms with van der Waals surface area (Å²) in [6.07, 6.45) is 4.86. The van der Waals surface area contributed by atoms with Crippen molar-refractivity contribution in [2.45, 2.75) is 25.7 Å². The topological polar surface area (TPSA) is 191 Å². The Morgan fingerprint density at radius 1 is 0.875 bits per heavy atom. The maximum atomic E-state index is 11.4. The molecule has 1 aromatic heterocycles. The van der Waals surface area contributed by atoms with Crippen molar-refractivity contribution in [2.75, 3.05) is 95.9 Å². The number of amides is 1. The third-order valence-electron chi connectivity index (χ3n) is 9.94. The van der Waals surface area contributed by atoms with Gasteiger partial charge in [0.1, 0.15) is 16.5 Å². The first-order chi connectivity index (χ1) is 27.1. The van der Waals surface area contributed by atoms with E-state index in [0.29, 0.717) is 47.3 Å². The molecule has 0 saturated carbocycles. The van der Waals surface area contributed by atoms with Gasteiger partial charge in [-0.1, -0.05) is 11.6 Å². The number of nitrogens with one attached hydrogen (secondary N) is 3. The number of nitrogens with two attached hydrogens (primary N) is 1. The highest BCUT2D eigenvalue weighted by Gasteiger charge is 2.21. The number of nitrogens with zero attached hydrogens (tertiary/aromatic N) is 5. The predicted octanol–water partition coefficient (Wildman–Crippen LogP) is 4.65. The minimum atomic E-state index is -0.391. The Labute approximate surface area is 330 Å². The number of carbonyl (C=O) groups is 1. The predicted molar refractivity (Wildman–Crippen MR) is 216 cm³/mol. The molecule has 4 heterocycles. The van der Waals surface area contributed by atoms with E-state index in [1.165, 1.54) is 18.2 Å². The fourth-order valence-corrected chi connectivity index (χ4v) is 7.15. The minimum Gasteiger partial charge on any atom is -0.495 e. The summed E-state index contributed by atoms with van der Waals surface area (Å²) in [5.41, 5.74) is 12.6. The number of methoxy groups -OCH3 is 3. The van der Waals surface area contributed by atoms with Crippen molar-refractivity contribution in [3.63, 3.8) is 0 Å². The molecular weight excluding hydrogens is 742 g/mol. The van der Waals surface area contributed by atoms with Gasteiger partial charge in [0.05, 0.1) is 63.6 Å². The van der Waals surface area contributed by atoms with Gasteiger partial charge in [0.15, 0.2) is 11.6 Å². The van der Waals surface area contributed by atoms with Crippen LogP contribution in [0.3, 0.4) is 0 Å². The van der Waals surface area contributed by atoms with Crippen LogP contribution >= 0.6 is 11.6 Å². The molecule has 0 bridgehead atoms. The maximum Gasteiger partial charge on any atom is 0.311 e. The van der Waals surface area contributed by atoms with E-state index < -0.39 is 4.92 Å². The van der Waals surface area contributed by atoms with Gasteiger partial charge in [-0.25, -0.2) is 4.98 Å². The van der Waals surface area contributed by atoms with Crippen molar-refractivity contribution in [1.29, 1.82) is 0 Å². The fourth-order valence-electron chi connectivity index (χ4n) is 7.01. The molecule has 0 radical (unpaired) electrons. The standard InChI is InChI=1S/C28H34ClN7O4.C11H14N2O3/c1-38-24-14-19-6-8-35(17-26(30)37)7-5-18(19)13-23(24)33-28-31-16-21(29)27(34-28)32-22-4-3-20(15-25(22)39-2)36-9-11-40-12-10-36;1-16-11-7-9-3-5-12-4-2-8(9)6-10(11)13(14)15/h3-4,13-16H,5-12,17H2,1-2H3,(H2,30,37)(H2,31,32,33,34);6-7,12H,2-5H2,1H3. The Morgan fingerprint density at radius 3 is 2.16 bits per heavy atom. The summed E-state index contributed by atoms with van der Waals surface area (Å²) in [7, 11) is 4.73. The van der Waals surface area contributed by atoms with Crippen LogP contribution < -0.4 is 40.8 Å². The number of nitro benzene ring substituents is 1. The van der Waals surface area contributed by atoms with E-state index in [4.69, 9.17) is 36.3 Å². The zero-order valence-corrected chi connectivity index (χ0v) is 32.6. The number of primary amides is 1. The van der Waals surface area contributed by atoms with Crippen LogP contribution in [0.15, 0.2) is 48.7 Å². The number of morpholine rings is 1. The van der Waals surface area contributed by atoms with Gasteiger partial charge in [-0.2, -0.15) is 4.98 Å². The Balaban J connectivity index is 0.000000277. The number of anilines is 5. The zero-order chi connectivity index (χ0) is 39.6. The summed E-state index contributed by atoms with van der Waals surface area (Å²) in [6, 6.07) is 13.5. The van der Waals surface area contributed by atoms with Crippen molar-refractivity contribution in [3.8, 4) is 17.2 Å². The number of halogens is 1. The van der Waals surface area contributed by atoms with E-state index >= 15 is 0 Å². The highest BCUT2D eigenvalue weighted by atomic mass is 35.5. The first-order valence-corrected chi connectivity index (χ1v) is 18.9. The van der Waals surface area contributed by atoms with Crippen molar-refractivity contribution in [1.82, 2.24) is 20.2 Å². The number of aromatic nitrogens is 2. The van der Waals surface area contributed by atoms with Crippen LogP contribution in [0.1, 0.15) is 22.3 Å². The van der Waals surface area contributed by atoms with E-state index in [9.17, 15) is 14.9 Å². The number of benzene rings is 3. The molecule has 0 spiro atoms. The largest absolute Gasteiger partial charge is 0.495 e. The summed E-state index contributed by atoms with van der Waals surface area (Å²) >= 11 is 6.48. The van der Waals surface area contributed by atoms with Gasteiger partial charge < -0.3 is 45.5 Å². The van der Waals surface area contributed by atoms with E-state index in [-0.39, 0.29) is 18.1 Å². The lowest BCUT2D eigenvalue weighted by atomic mass is 10.0. The van der Waals surface area contributed by atoms with Crippen LogP contribution in [0.25, 0.3) is 0 Å². The van der Waals surface area contributed by atoms with Crippen molar-refractivity contribution < 1.29 is 28.7 Å². The van der Waals surface area contributed by atoms with E-state index in [1.54, 1.807) is 32.5 Å². The Bertz CT molecular complexity index is 2030. The molecule has 1 fully saturated rings. The van der Waals surface area contributed by atoms with Gasteiger partial charge in [0, 0.05) is 44.0 Å². The minimum absolute atomic E-state index is 0.0585. The Hall–Kier alpha value is -5.42. The van der Waals surface area contributed by atoms with Crippen molar-refractivity contribution in [2.24, 2.45) is 5.73 Å². The van der Waals surface area contributed by atoms with Crippen LogP contribution in [-0.4, -0.2) is 106 Å². The monoisotopic (exact) mass is 789 g/mol. The van der Waals surface area contributed by atoms with Crippen LogP contribution in [0.2, 0.25) is 5.02 Å². The molecule has 0 atom stereocenters. The van der Waals surface area contributed by atoms with E-state index in [1.807, 2.05) is 24.3 Å². The second-order valence-electron chi connectivity index (χ2n) is 13.5. The number of rotatable bonds is 11. The van der Waals surface area contributed by atoms with Gasteiger partial charge in [-0.3, -0.25) is 19.8 Å². The van der Waals surface area contributed by atoms with Gasteiger partial charge in [0.25, 0.3) is 0 Å². The van der Waals surface area contributed by atoms with Crippen molar-refractivity contribution in [3.05, 3.63) is 86.1 Å². The number of carbonyl (C=O) groups excluding carboxylic acids is 1. The Kier molecular flexibility index (Phi) is 13.6. The highest BCUT2D eigenvalue weighted by molar-refractivity contribution is 6.33. The van der Waals surface area contributed by atoms with Gasteiger partial charge in [-0.15, -0.1) is 0 Å². The zero-order valence-electron chi connectivity index (χ0n) is 31.9. The lowest BCUT2D eigenvalue weighted by Gasteiger charge is -2.29. The fraction of sp³-hybridized carbons (Fsp3) is 0.410. The van der Waals surface area contributed by atoms with Crippen LogP contribution in [-0.2, 0) is 35.2 Å². The summed E-state index contributed by atoms with van der Waals surface area (Å²) < 4.78 is 21.9. The Morgan fingerprint density at radius 2 is 1.50 bits per heavy atom.